The molecule has 0 aromatic heterocycles. The molecule has 1 aromatic rings. The van der Waals surface area contributed by atoms with Gasteiger partial charge in [-0.2, -0.15) is 0 Å². The molecule has 0 spiro atoms. The highest BCUT2D eigenvalue weighted by atomic mass is 14.3. The minimum Gasteiger partial charge on any atom is -0.0587 e. The van der Waals surface area contributed by atoms with Gasteiger partial charge in [0.25, 0.3) is 0 Å². The third-order valence-electron chi connectivity index (χ3n) is 3.51. The molecule has 2 rings (SSSR count). The van der Waals surface area contributed by atoms with Crippen molar-refractivity contribution < 1.29 is 0 Å². The first kappa shape index (κ1) is 9.76. The Morgan fingerprint density at radius 1 is 1.21 bits per heavy atom. The smallest absolute Gasteiger partial charge is 0.0159 e. The quantitative estimate of drug-likeness (QED) is 0.646. The summed E-state index contributed by atoms with van der Waals surface area (Å²) in [5.41, 5.74) is 4.58. The fraction of sp³-hybridized carbons (Fsp3) is 0.571. The van der Waals surface area contributed by atoms with Crippen molar-refractivity contribution in [2.24, 2.45) is 0 Å². The molecule has 1 aliphatic rings. The normalized spacial score (nSPS) is 17.1. The molecule has 14 heavy (non-hydrogen) atoms. The lowest BCUT2D eigenvalue weighted by atomic mass is 9.78. The zero-order valence-electron chi connectivity index (χ0n) is 9.51. The summed E-state index contributed by atoms with van der Waals surface area (Å²) in [4.78, 5) is 0. The van der Waals surface area contributed by atoms with Gasteiger partial charge in [0.05, 0.1) is 0 Å². The molecule has 0 N–H and O–H groups in total. The third-order valence-corrected chi connectivity index (χ3v) is 3.51. The molecule has 0 aliphatic heterocycles. The van der Waals surface area contributed by atoms with Gasteiger partial charge in [-0.1, -0.05) is 38.5 Å². The van der Waals surface area contributed by atoms with Crippen LogP contribution < -0.4 is 0 Å². The van der Waals surface area contributed by atoms with Crippen LogP contribution in [-0.2, 0) is 0 Å². The van der Waals surface area contributed by atoms with E-state index in [2.05, 4.69) is 39.0 Å². The molecule has 0 atom stereocenters. The maximum absolute atomic E-state index is 2.37. The molecule has 0 heteroatoms. The van der Waals surface area contributed by atoms with Crippen LogP contribution in [0.15, 0.2) is 18.2 Å². The zero-order chi connectivity index (χ0) is 10.1. The molecule has 0 bridgehead atoms. The van der Waals surface area contributed by atoms with E-state index in [9.17, 15) is 0 Å². The number of rotatable bonds is 2. The maximum atomic E-state index is 2.37. The van der Waals surface area contributed by atoms with Crippen molar-refractivity contribution in [2.75, 3.05) is 0 Å². The van der Waals surface area contributed by atoms with E-state index >= 15 is 0 Å². The first-order valence-corrected chi connectivity index (χ1v) is 5.79. The molecule has 0 radical (unpaired) electrons. The Kier molecular flexibility index (Phi) is 2.62. The van der Waals surface area contributed by atoms with Crippen molar-refractivity contribution in [3.8, 4) is 0 Å². The molecule has 1 aliphatic carbocycles. The average Bonchev–Trinajstić information content (AvgIpc) is 2.04. The highest BCUT2D eigenvalue weighted by Gasteiger charge is 2.20. The molecule has 1 aromatic carbocycles. The first-order chi connectivity index (χ1) is 6.68. The summed E-state index contributed by atoms with van der Waals surface area (Å²) in [7, 11) is 0. The van der Waals surface area contributed by atoms with E-state index in [0.717, 1.165) is 5.92 Å². The van der Waals surface area contributed by atoms with Gasteiger partial charge in [0.2, 0.25) is 0 Å². The largest absolute Gasteiger partial charge is 0.0587 e. The Labute approximate surface area is 87.3 Å². The van der Waals surface area contributed by atoms with Crippen LogP contribution in [0.25, 0.3) is 0 Å². The van der Waals surface area contributed by atoms with Gasteiger partial charge in [-0.25, -0.2) is 0 Å². The summed E-state index contributed by atoms with van der Waals surface area (Å²) in [6, 6.07) is 7.04. The molecule has 76 valence electrons. The Morgan fingerprint density at radius 2 is 1.93 bits per heavy atom. The Morgan fingerprint density at radius 3 is 2.36 bits per heavy atom. The van der Waals surface area contributed by atoms with Crippen molar-refractivity contribution >= 4 is 0 Å². The number of hydrogen-bond donors (Lipinski definition) is 0. The van der Waals surface area contributed by atoms with Crippen molar-refractivity contribution in [2.45, 2.75) is 51.9 Å². The van der Waals surface area contributed by atoms with Crippen LogP contribution in [0.1, 0.15) is 61.6 Å². The van der Waals surface area contributed by atoms with Gasteiger partial charge >= 0.3 is 0 Å². The first-order valence-electron chi connectivity index (χ1n) is 5.79. The Balaban J connectivity index is 2.26. The van der Waals surface area contributed by atoms with E-state index in [1.54, 1.807) is 5.56 Å². The van der Waals surface area contributed by atoms with Crippen molar-refractivity contribution in [3.05, 3.63) is 34.9 Å². The van der Waals surface area contributed by atoms with Crippen LogP contribution in [0, 0.1) is 6.92 Å². The fourth-order valence-electron chi connectivity index (χ4n) is 2.24. The lowest BCUT2D eigenvalue weighted by Crippen LogP contribution is -2.10. The lowest BCUT2D eigenvalue weighted by Gasteiger charge is -2.27. The predicted octanol–water partition coefficient (Wildman–Crippen LogP) is 4.39. The van der Waals surface area contributed by atoms with Crippen LogP contribution in [0.4, 0.5) is 0 Å². The van der Waals surface area contributed by atoms with Crippen LogP contribution in [0.2, 0.25) is 0 Å². The third kappa shape index (κ3) is 1.70. The SMILES string of the molecule is Cc1cc(C(C)C)ccc1C1CCC1. The van der Waals surface area contributed by atoms with Crippen molar-refractivity contribution in [1.82, 2.24) is 0 Å². The molecule has 1 saturated carbocycles. The van der Waals surface area contributed by atoms with Crippen LogP contribution >= 0.6 is 0 Å². The summed E-state index contributed by atoms with van der Waals surface area (Å²) >= 11 is 0. The predicted molar refractivity (Wildman–Crippen MR) is 61.9 cm³/mol. The molecule has 0 saturated heterocycles. The standard InChI is InChI=1S/C14H20/c1-10(2)13-7-8-14(11(3)9-13)12-5-4-6-12/h7-10,12H,4-6H2,1-3H3. The van der Waals surface area contributed by atoms with Gasteiger partial charge in [-0.05, 0) is 48.3 Å². The summed E-state index contributed by atoms with van der Waals surface area (Å²) in [6.07, 6.45) is 4.24. The molecule has 0 amide bonds. The zero-order valence-corrected chi connectivity index (χ0v) is 9.51. The lowest BCUT2D eigenvalue weighted by molar-refractivity contribution is 0.418. The average molecular weight is 188 g/mol. The topological polar surface area (TPSA) is 0 Å². The van der Waals surface area contributed by atoms with Gasteiger partial charge in [0, 0.05) is 0 Å². The highest BCUT2D eigenvalue weighted by molar-refractivity contribution is 5.35. The molecular formula is C14H20. The van der Waals surface area contributed by atoms with Gasteiger partial charge in [0.1, 0.15) is 0 Å². The maximum Gasteiger partial charge on any atom is -0.0159 e. The molecule has 1 fully saturated rings. The summed E-state index contributed by atoms with van der Waals surface area (Å²) in [5.74, 6) is 1.53. The Bertz CT molecular complexity index is 319. The minimum absolute atomic E-state index is 0.657. The van der Waals surface area contributed by atoms with E-state index < -0.39 is 0 Å². The van der Waals surface area contributed by atoms with Gasteiger partial charge < -0.3 is 0 Å². The molecule has 0 unspecified atom stereocenters. The van der Waals surface area contributed by atoms with E-state index in [-0.39, 0.29) is 0 Å². The second-order valence-electron chi connectivity index (χ2n) is 4.90. The molecular weight excluding hydrogens is 168 g/mol. The second-order valence-corrected chi connectivity index (χ2v) is 4.90. The van der Waals surface area contributed by atoms with E-state index in [1.165, 1.54) is 30.4 Å². The van der Waals surface area contributed by atoms with Crippen molar-refractivity contribution in [1.29, 1.82) is 0 Å². The summed E-state index contributed by atoms with van der Waals surface area (Å²) in [6.45, 7) is 6.79. The molecule has 0 heterocycles. The Hall–Kier alpha value is -0.780. The monoisotopic (exact) mass is 188 g/mol. The van der Waals surface area contributed by atoms with Gasteiger partial charge in [-0.3, -0.25) is 0 Å². The van der Waals surface area contributed by atoms with Crippen molar-refractivity contribution in [3.63, 3.8) is 0 Å². The van der Waals surface area contributed by atoms with E-state index in [4.69, 9.17) is 0 Å². The van der Waals surface area contributed by atoms with Crippen LogP contribution in [-0.4, -0.2) is 0 Å². The number of aryl methyl sites for hydroxylation is 1. The van der Waals surface area contributed by atoms with Crippen LogP contribution in [0.5, 0.6) is 0 Å². The van der Waals surface area contributed by atoms with Gasteiger partial charge in [-0.15, -0.1) is 0 Å². The highest BCUT2D eigenvalue weighted by Crippen LogP contribution is 2.38. The van der Waals surface area contributed by atoms with Gasteiger partial charge in [0.15, 0.2) is 0 Å². The summed E-state index contributed by atoms with van der Waals surface area (Å²) in [5, 5.41) is 0. The summed E-state index contributed by atoms with van der Waals surface area (Å²) < 4.78 is 0. The number of hydrogen-bond acceptors (Lipinski definition) is 0. The fourth-order valence-corrected chi connectivity index (χ4v) is 2.24. The number of benzene rings is 1. The van der Waals surface area contributed by atoms with E-state index in [0.29, 0.717) is 5.92 Å². The minimum atomic E-state index is 0.657. The van der Waals surface area contributed by atoms with Crippen LogP contribution in [0.3, 0.4) is 0 Å². The molecule has 0 nitrogen and oxygen atoms in total. The van der Waals surface area contributed by atoms with E-state index in [1.807, 2.05) is 0 Å². The second kappa shape index (κ2) is 3.76.